The Bertz CT molecular complexity index is 824. The third kappa shape index (κ3) is 2.21. The summed E-state index contributed by atoms with van der Waals surface area (Å²) in [6.45, 7) is 0. The van der Waals surface area contributed by atoms with Crippen molar-refractivity contribution in [2.45, 2.75) is 0 Å². The Morgan fingerprint density at radius 1 is 1.05 bits per heavy atom. The van der Waals surface area contributed by atoms with Crippen molar-refractivity contribution in [3.8, 4) is 0 Å². The number of halogens is 3. The molecule has 1 aromatic heterocycles. The molecule has 0 saturated carbocycles. The molecule has 1 heterocycles. The smallest absolute Gasteiger partial charge is 0.231 e. The fourth-order valence-corrected chi connectivity index (χ4v) is 2.78. The molecule has 0 radical (unpaired) electrons. The molecule has 3 aromatic rings. The van der Waals surface area contributed by atoms with Crippen LogP contribution < -0.4 is 0 Å². The van der Waals surface area contributed by atoms with Gasteiger partial charge in [0.1, 0.15) is 11.4 Å². The second-order valence-electron chi connectivity index (χ2n) is 4.20. The molecule has 2 nitrogen and oxygen atoms in total. The second kappa shape index (κ2) is 5.14. The molecule has 3 rings (SSSR count). The van der Waals surface area contributed by atoms with Gasteiger partial charge >= 0.3 is 0 Å². The molecule has 0 spiro atoms. The Kier molecular flexibility index (Phi) is 3.48. The standard InChI is InChI=1S/C15H7Br2FO2/c16-10-5-2-4-9(13(10)18)14(19)12-7-8-3-1-6-11(17)15(8)20-12/h1-7H. The maximum absolute atomic E-state index is 14.0. The lowest BCUT2D eigenvalue weighted by molar-refractivity contribution is 0.101. The highest BCUT2D eigenvalue weighted by atomic mass is 79.9. The van der Waals surface area contributed by atoms with E-state index in [9.17, 15) is 9.18 Å². The average molecular weight is 398 g/mol. The van der Waals surface area contributed by atoms with E-state index in [2.05, 4.69) is 31.9 Å². The highest BCUT2D eigenvalue weighted by molar-refractivity contribution is 9.11. The molecular weight excluding hydrogens is 391 g/mol. The van der Waals surface area contributed by atoms with Crippen LogP contribution in [0.4, 0.5) is 4.39 Å². The lowest BCUT2D eigenvalue weighted by Crippen LogP contribution is -2.03. The first-order valence-corrected chi connectivity index (χ1v) is 7.33. The van der Waals surface area contributed by atoms with Crippen LogP contribution in [-0.2, 0) is 0 Å². The lowest BCUT2D eigenvalue weighted by atomic mass is 10.1. The van der Waals surface area contributed by atoms with Crippen molar-refractivity contribution in [1.82, 2.24) is 0 Å². The number of hydrogen-bond donors (Lipinski definition) is 0. The summed E-state index contributed by atoms with van der Waals surface area (Å²) < 4.78 is 20.5. The van der Waals surface area contributed by atoms with Gasteiger partial charge in [-0.25, -0.2) is 4.39 Å². The normalized spacial score (nSPS) is 10.9. The number of hydrogen-bond acceptors (Lipinski definition) is 2. The Labute approximate surface area is 130 Å². The average Bonchev–Trinajstić information content (AvgIpc) is 2.87. The van der Waals surface area contributed by atoms with Gasteiger partial charge in [0.15, 0.2) is 5.76 Å². The number of furan rings is 1. The molecule has 0 N–H and O–H groups in total. The van der Waals surface area contributed by atoms with Crippen LogP contribution in [0.3, 0.4) is 0 Å². The van der Waals surface area contributed by atoms with Gasteiger partial charge < -0.3 is 4.42 Å². The zero-order chi connectivity index (χ0) is 14.3. The minimum absolute atomic E-state index is 0.0189. The zero-order valence-electron chi connectivity index (χ0n) is 9.99. The van der Waals surface area contributed by atoms with Crippen LogP contribution in [0.25, 0.3) is 11.0 Å². The number of rotatable bonds is 2. The van der Waals surface area contributed by atoms with Crippen molar-refractivity contribution in [3.05, 3.63) is 68.6 Å². The first kappa shape index (κ1) is 13.5. The molecule has 5 heteroatoms. The molecular formula is C15H7Br2FO2. The summed E-state index contributed by atoms with van der Waals surface area (Å²) in [7, 11) is 0. The van der Waals surface area contributed by atoms with Gasteiger partial charge in [-0.15, -0.1) is 0 Å². The summed E-state index contributed by atoms with van der Waals surface area (Å²) in [6.07, 6.45) is 0. The zero-order valence-corrected chi connectivity index (χ0v) is 13.2. The van der Waals surface area contributed by atoms with Crippen molar-refractivity contribution in [1.29, 1.82) is 0 Å². The summed E-state index contributed by atoms with van der Waals surface area (Å²) >= 11 is 6.42. The molecule has 0 fully saturated rings. The van der Waals surface area contributed by atoms with E-state index in [1.807, 2.05) is 18.2 Å². The van der Waals surface area contributed by atoms with E-state index < -0.39 is 11.6 Å². The maximum atomic E-state index is 14.0. The SMILES string of the molecule is O=C(c1cc2cccc(Br)c2o1)c1cccc(Br)c1F. The highest BCUT2D eigenvalue weighted by Gasteiger charge is 2.20. The Hall–Kier alpha value is -1.46. The van der Waals surface area contributed by atoms with Crippen molar-refractivity contribution >= 4 is 48.6 Å². The van der Waals surface area contributed by atoms with E-state index in [4.69, 9.17) is 4.42 Å². The number of benzene rings is 2. The summed E-state index contributed by atoms with van der Waals surface area (Å²) in [5.41, 5.74) is 0.556. The maximum Gasteiger partial charge on any atom is 0.231 e. The summed E-state index contributed by atoms with van der Waals surface area (Å²) in [6, 6.07) is 11.7. The van der Waals surface area contributed by atoms with Gasteiger partial charge in [0.05, 0.1) is 14.5 Å². The van der Waals surface area contributed by atoms with Crippen LogP contribution >= 0.6 is 31.9 Å². The van der Waals surface area contributed by atoms with E-state index >= 15 is 0 Å². The predicted octanol–water partition coefficient (Wildman–Crippen LogP) is 5.33. The minimum Gasteiger partial charge on any atom is -0.451 e. The van der Waals surface area contributed by atoms with Crippen LogP contribution in [0, 0.1) is 5.82 Å². The number of ketones is 1. The van der Waals surface area contributed by atoms with Crippen LogP contribution in [-0.4, -0.2) is 5.78 Å². The van der Waals surface area contributed by atoms with Crippen molar-refractivity contribution < 1.29 is 13.6 Å². The second-order valence-corrected chi connectivity index (χ2v) is 5.91. The molecule has 20 heavy (non-hydrogen) atoms. The largest absolute Gasteiger partial charge is 0.451 e. The monoisotopic (exact) mass is 396 g/mol. The van der Waals surface area contributed by atoms with Gasteiger partial charge in [-0.2, -0.15) is 0 Å². The molecule has 0 atom stereocenters. The molecule has 100 valence electrons. The van der Waals surface area contributed by atoms with Crippen LogP contribution in [0.5, 0.6) is 0 Å². The Morgan fingerprint density at radius 2 is 1.75 bits per heavy atom. The third-order valence-electron chi connectivity index (χ3n) is 2.92. The van der Waals surface area contributed by atoms with Crippen LogP contribution in [0.15, 0.2) is 55.8 Å². The Morgan fingerprint density at radius 3 is 2.50 bits per heavy atom. The summed E-state index contributed by atoms with van der Waals surface area (Å²) in [5.74, 6) is -0.951. The Balaban J connectivity index is 2.13. The third-order valence-corrected chi connectivity index (χ3v) is 4.15. The van der Waals surface area contributed by atoms with Crippen LogP contribution in [0.1, 0.15) is 16.1 Å². The van der Waals surface area contributed by atoms with E-state index in [-0.39, 0.29) is 15.8 Å². The van der Waals surface area contributed by atoms with Gasteiger partial charge in [-0.1, -0.05) is 18.2 Å². The topological polar surface area (TPSA) is 30.2 Å². The first-order valence-electron chi connectivity index (χ1n) is 5.74. The van der Waals surface area contributed by atoms with Crippen molar-refractivity contribution in [3.63, 3.8) is 0 Å². The molecule has 0 saturated heterocycles. The van der Waals surface area contributed by atoms with Gasteiger partial charge in [0.2, 0.25) is 5.78 Å². The predicted molar refractivity (Wildman–Crippen MR) is 81.4 cm³/mol. The highest BCUT2D eigenvalue weighted by Crippen LogP contribution is 2.29. The minimum atomic E-state index is -0.586. The van der Waals surface area contributed by atoms with E-state index in [0.717, 1.165) is 9.86 Å². The van der Waals surface area contributed by atoms with Gasteiger partial charge in [-0.3, -0.25) is 4.79 Å². The van der Waals surface area contributed by atoms with Gasteiger partial charge in [0.25, 0.3) is 0 Å². The number of carbonyl (C=O) groups is 1. The van der Waals surface area contributed by atoms with E-state index in [0.29, 0.717) is 5.58 Å². The molecule has 2 aromatic carbocycles. The van der Waals surface area contributed by atoms with Crippen molar-refractivity contribution in [2.24, 2.45) is 0 Å². The number of fused-ring (bicyclic) bond motifs is 1. The quantitative estimate of drug-likeness (QED) is 0.547. The lowest BCUT2D eigenvalue weighted by Gasteiger charge is -2.01. The van der Waals surface area contributed by atoms with Gasteiger partial charge in [0, 0.05) is 5.39 Å². The van der Waals surface area contributed by atoms with Crippen molar-refractivity contribution in [2.75, 3.05) is 0 Å². The molecule has 0 bridgehead atoms. The number of carbonyl (C=O) groups excluding carboxylic acids is 1. The summed E-state index contributed by atoms with van der Waals surface area (Å²) in [4.78, 5) is 12.3. The summed E-state index contributed by atoms with van der Waals surface area (Å²) in [5, 5.41) is 0.790. The fourth-order valence-electron chi connectivity index (χ4n) is 1.95. The molecule has 0 aliphatic rings. The van der Waals surface area contributed by atoms with Crippen LogP contribution in [0.2, 0.25) is 0 Å². The first-order chi connectivity index (χ1) is 9.58. The van der Waals surface area contributed by atoms with E-state index in [1.54, 1.807) is 18.2 Å². The number of para-hydroxylation sites is 1. The van der Waals surface area contributed by atoms with Gasteiger partial charge in [-0.05, 0) is 56.1 Å². The van der Waals surface area contributed by atoms with E-state index in [1.165, 1.54) is 6.07 Å². The molecule has 0 unspecified atom stereocenters. The molecule has 0 aliphatic heterocycles. The molecule has 0 aliphatic carbocycles. The molecule has 0 amide bonds. The fraction of sp³-hybridized carbons (Fsp3) is 0.